The van der Waals surface area contributed by atoms with E-state index >= 15 is 0 Å². The number of hydrogen-bond acceptors (Lipinski definition) is 5. The lowest BCUT2D eigenvalue weighted by atomic mass is 10.0. The Hall–Kier alpha value is -4.37. The summed E-state index contributed by atoms with van der Waals surface area (Å²) in [5, 5.41) is 20.7. The number of carbonyl (C=O) groups is 3. The van der Waals surface area contributed by atoms with Gasteiger partial charge in [0.25, 0.3) is 5.91 Å². The van der Waals surface area contributed by atoms with E-state index in [4.69, 9.17) is 4.74 Å². The number of urea groups is 1. The first-order chi connectivity index (χ1) is 18.6. The Morgan fingerprint density at radius 1 is 0.846 bits per heavy atom. The quantitative estimate of drug-likeness (QED) is 0.244. The number of carbonyl (C=O) groups excluding carboxylic acids is 3. The number of rotatable bonds is 10. The number of para-hydroxylation sites is 2. The van der Waals surface area contributed by atoms with Crippen LogP contribution in [0.1, 0.15) is 54.7 Å². The summed E-state index contributed by atoms with van der Waals surface area (Å²) in [6.45, 7) is 5.67. The molecule has 0 radical (unpaired) electrons. The van der Waals surface area contributed by atoms with Gasteiger partial charge in [0.1, 0.15) is 5.60 Å². The Morgan fingerprint density at radius 2 is 1.46 bits per heavy atom. The molecule has 9 nitrogen and oxygen atoms in total. The monoisotopic (exact) mass is 532 g/mol. The van der Waals surface area contributed by atoms with Gasteiger partial charge in [0, 0.05) is 18.7 Å². The highest BCUT2D eigenvalue weighted by atomic mass is 16.6. The summed E-state index contributed by atoms with van der Waals surface area (Å²) in [5.41, 5.74) is 2.44. The van der Waals surface area contributed by atoms with E-state index in [1.807, 2.05) is 30.3 Å². The third kappa shape index (κ3) is 9.79. The van der Waals surface area contributed by atoms with Crippen LogP contribution in [0.25, 0.3) is 0 Å². The summed E-state index contributed by atoms with van der Waals surface area (Å²) < 4.78 is 5.30. The number of aliphatic hydroxyl groups excluding tert-OH is 1. The molecule has 0 aromatic heterocycles. The van der Waals surface area contributed by atoms with Crippen molar-refractivity contribution in [3.05, 3.63) is 95.6 Å². The predicted octanol–water partition coefficient (Wildman–Crippen LogP) is 5.25. The molecule has 0 aliphatic heterocycles. The Bertz CT molecular complexity index is 1240. The molecule has 3 aromatic rings. The summed E-state index contributed by atoms with van der Waals surface area (Å²) >= 11 is 0. The van der Waals surface area contributed by atoms with Crippen LogP contribution in [0.15, 0.2) is 78.9 Å². The molecular formula is C30H36N4O5. The molecule has 0 aliphatic rings. The van der Waals surface area contributed by atoms with Gasteiger partial charge in [0.05, 0.1) is 17.4 Å². The molecule has 39 heavy (non-hydrogen) atoms. The number of ether oxygens (including phenoxy) is 1. The van der Waals surface area contributed by atoms with E-state index in [2.05, 4.69) is 21.3 Å². The number of nitrogens with one attached hydrogen (secondary N) is 4. The average molecular weight is 533 g/mol. The first-order valence-electron chi connectivity index (χ1n) is 12.8. The smallest absolute Gasteiger partial charge is 0.412 e. The minimum Gasteiger partial charge on any atom is -0.444 e. The molecule has 0 heterocycles. The second-order valence-electron chi connectivity index (χ2n) is 9.95. The number of amides is 4. The molecule has 0 bridgehead atoms. The Labute approximate surface area is 229 Å². The predicted molar refractivity (Wildman–Crippen MR) is 152 cm³/mol. The Balaban J connectivity index is 1.59. The molecule has 1 atom stereocenters. The van der Waals surface area contributed by atoms with E-state index in [9.17, 15) is 19.5 Å². The summed E-state index contributed by atoms with van der Waals surface area (Å²) in [5.74, 6) is -0.370. The van der Waals surface area contributed by atoms with Gasteiger partial charge < -0.3 is 25.8 Å². The van der Waals surface area contributed by atoms with Crippen molar-refractivity contribution in [3.8, 4) is 0 Å². The van der Waals surface area contributed by atoms with Crippen LogP contribution >= 0.6 is 0 Å². The number of aliphatic hydroxyl groups is 1. The molecule has 0 saturated heterocycles. The Morgan fingerprint density at radius 3 is 2.08 bits per heavy atom. The van der Waals surface area contributed by atoms with E-state index in [1.54, 1.807) is 69.3 Å². The van der Waals surface area contributed by atoms with Gasteiger partial charge in [-0.25, -0.2) is 9.59 Å². The van der Waals surface area contributed by atoms with Crippen LogP contribution in [0.2, 0.25) is 0 Å². The number of anilines is 2. The van der Waals surface area contributed by atoms with Crippen LogP contribution in [-0.2, 0) is 11.2 Å². The van der Waals surface area contributed by atoms with Crippen molar-refractivity contribution < 1.29 is 24.2 Å². The molecule has 5 N–H and O–H groups in total. The highest BCUT2D eigenvalue weighted by molar-refractivity contribution is 6.06. The fourth-order valence-corrected chi connectivity index (χ4v) is 3.80. The normalized spacial score (nSPS) is 11.7. The molecule has 3 aromatic carbocycles. The van der Waals surface area contributed by atoms with E-state index in [0.717, 1.165) is 11.1 Å². The Kier molecular flexibility index (Phi) is 10.5. The molecule has 0 saturated carbocycles. The van der Waals surface area contributed by atoms with Crippen molar-refractivity contribution in [2.24, 2.45) is 0 Å². The molecule has 0 aliphatic carbocycles. The van der Waals surface area contributed by atoms with Crippen molar-refractivity contribution in [2.45, 2.75) is 45.3 Å². The van der Waals surface area contributed by atoms with Crippen molar-refractivity contribution in [3.63, 3.8) is 0 Å². The summed E-state index contributed by atoms with van der Waals surface area (Å²) in [7, 11) is 0. The summed E-state index contributed by atoms with van der Waals surface area (Å²) in [6, 6.07) is 22.7. The molecule has 0 fully saturated rings. The lowest BCUT2D eigenvalue weighted by molar-refractivity contribution is 0.0635. The highest BCUT2D eigenvalue weighted by Gasteiger charge is 2.19. The molecule has 4 amide bonds. The minimum absolute atomic E-state index is 0.112. The summed E-state index contributed by atoms with van der Waals surface area (Å²) in [4.78, 5) is 37.6. The van der Waals surface area contributed by atoms with E-state index in [0.29, 0.717) is 36.3 Å². The highest BCUT2D eigenvalue weighted by Crippen LogP contribution is 2.23. The lowest BCUT2D eigenvalue weighted by Crippen LogP contribution is -2.39. The molecule has 206 valence electrons. The summed E-state index contributed by atoms with van der Waals surface area (Å²) in [6.07, 6.45) is 0.403. The number of benzene rings is 3. The van der Waals surface area contributed by atoms with Crippen molar-refractivity contribution in [2.75, 3.05) is 23.8 Å². The zero-order valence-electron chi connectivity index (χ0n) is 22.5. The topological polar surface area (TPSA) is 129 Å². The van der Waals surface area contributed by atoms with Crippen LogP contribution in [0.5, 0.6) is 0 Å². The first kappa shape index (κ1) is 29.2. The van der Waals surface area contributed by atoms with Gasteiger partial charge in [-0.2, -0.15) is 0 Å². The van der Waals surface area contributed by atoms with Gasteiger partial charge in [-0.15, -0.1) is 0 Å². The molecule has 1 unspecified atom stereocenters. The van der Waals surface area contributed by atoms with Crippen LogP contribution in [0, 0.1) is 0 Å². The van der Waals surface area contributed by atoms with Crippen LogP contribution in [-0.4, -0.2) is 41.9 Å². The van der Waals surface area contributed by atoms with Gasteiger partial charge in [0.2, 0.25) is 0 Å². The van der Waals surface area contributed by atoms with Crippen molar-refractivity contribution in [1.29, 1.82) is 0 Å². The standard InChI is InChI=1S/C30H36N4O5/c1-30(2,3)39-29(38)34-26-12-8-7-11-25(26)32-27(36)23-15-13-22(14-16-23)24(18-20-35)33-28(37)31-19-17-21-9-5-4-6-10-21/h4-16,24,35H,17-20H2,1-3H3,(H,32,36)(H,34,38)(H2,31,33,37). The fraction of sp³-hybridized carbons (Fsp3) is 0.300. The molecular weight excluding hydrogens is 496 g/mol. The van der Waals surface area contributed by atoms with Gasteiger partial charge in [-0.05, 0) is 69.0 Å². The maximum atomic E-state index is 12.9. The first-order valence-corrected chi connectivity index (χ1v) is 12.8. The SMILES string of the molecule is CC(C)(C)OC(=O)Nc1ccccc1NC(=O)c1ccc(C(CCO)NC(=O)NCCc2ccccc2)cc1. The molecule has 3 rings (SSSR count). The maximum absolute atomic E-state index is 12.9. The largest absolute Gasteiger partial charge is 0.444 e. The third-order valence-electron chi connectivity index (χ3n) is 5.65. The van der Waals surface area contributed by atoms with E-state index in [1.165, 1.54) is 0 Å². The van der Waals surface area contributed by atoms with Crippen LogP contribution in [0.3, 0.4) is 0 Å². The zero-order valence-corrected chi connectivity index (χ0v) is 22.5. The second-order valence-corrected chi connectivity index (χ2v) is 9.95. The van der Waals surface area contributed by atoms with E-state index in [-0.39, 0.29) is 18.5 Å². The van der Waals surface area contributed by atoms with Crippen molar-refractivity contribution >= 4 is 29.4 Å². The fourth-order valence-electron chi connectivity index (χ4n) is 3.80. The number of hydrogen-bond donors (Lipinski definition) is 5. The van der Waals surface area contributed by atoms with E-state index < -0.39 is 17.7 Å². The van der Waals surface area contributed by atoms with Crippen molar-refractivity contribution in [1.82, 2.24) is 10.6 Å². The van der Waals surface area contributed by atoms with Gasteiger partial charge in [0.15, 0.2) is 0 Å². The zero-order chi connectivity index (χ0) is 28.3. The van der Waals surface area contributed by atoms with Crippen LogP contribution < -0.4 is 21.3 Å². The molecule has 9 heteroatoms. The average Bonchev–Trinajstić information content (AvgIpc) is 2.89. The second kappa shape index (κ2) is 14.0. The van der Waals surface area contributed by atoms with Gasteiger partial charge in [-0.1, -0.05) is 54.6 Å². The maximum Gasteiger partial charge on any atom is 0.412 e. The molecule has 0 spiro atoms. The van der Waals surface area contributed by atoms with Crippen LogP contribution in [0.4, 0.5) is 21.0 Å². The van der Waals surface area contributed by atoms with Gasteiger partial charge >= 0.3 is 12.1 Å². The minimum atomic E-state index is -0.657. The van der Waals surface area contributed by atoms with Gasteiger partial charge in [-0.3, -0.25) is 10.1 Å². The third-order valence-corrected chi connectivity index (χ3v) is 5.65. The lowest BCUT2D eigenvalue weighted by Gasteiger charge is -2.20.